The summed E-state index contributed by atoms with van der Waals surface area (Å²) in [5, 5.41) is 13.1. The van der Waals surface area contributed by atoms with Crippen LogP contribution in [0, 0.1) is 17.8 Å². The molecule has 2 heterocycles. The summed E-state index contributed by atoms with van der Waals surface area (Å²) in [6, 6.07) is 5.27. The number of aromatic nitrogens is 1. The van der Waals surface area contributed by atoms with Crippen molar-refractivity contribution in [1.82, 2.24) is 15.2 Å². The van der Waals surface area contributed by atoms with Gasteiger partial charge in [0.2, 0.25) is 5.91 Å². The van der Waals surface area contributed by atoms with Crippen LogP contribution in [-0.2, 0) is 14.4 Å². The first-order valence-corrected chi connectivity index (χ1v) is 13.7. The summed E-state index contributed by atoms with van der Waals surface area (Å²) < 4.78 is 20.1. The highest BCUT2D eigenvalue weighted by atomic mass is 19.1. The number of amides is 2. The van der Waals surface area contributed by atoms with Gasteiger partial charge in [0, 0.05) is 29.8 Å². The van der Waals surface area contributed by atoms with Gasteiger partial charge in [-0.1, -0.05) is 12.5 Å². The van der Waals surface area contributed by atoms with Gasteiger partial charge in [-0.15, -0.1) is 0 Å². The van der Waals surface area contributed by atoms with Crippen molar-refractivity contribution < 1.29 is 33.4 Å². The van der Waals surface area contributed by atoms with Crippen LogP contribution in [-0.4, -0.2) is 76.4 Å². The molecule has 1 unspecified atom stereocenters. The Balaban J connectivity index is 1.38. The van der Waals surface area contributed by atoms with Crippen LogP contribution in [0.1, 0.15) is 62.4 Å². The van der Waals surface area contributed by atoms with Crippen LogP contribution >= 0.6 is 0 Å². The first-order chi connectivity index (χ1) is 18.6. The van der Waals surface area contributed by atoms with Crippen molar-refractivity contribution in [2.75, 3.05) is 20.3 Å². The summed E-state index contributed by atoms with van der Waals surface area (Å²) >= 11 is 0. The molecule has 2 amide bonds. The lowest BCUT2D eigenvalue weighted by atomic mass is 9.76. The molecule has 1 aromatic heterocycles. The van der Waals surface area contributed by atoms with Crippen LogP contribution in [0.25, 0.3) is 10.9 Å². The van der Waals surface area contributed by atoms with E-state index in [4.69, 9.17) is 4.74 Å². The van der Waals surface area contributed by atoms with E-state index in [0.29, 0.717) is 18.0 Å². The number of fused-ring (bicyclic) bond motifs is 2. The molecule has 2 saturated carbocycles. The maximum atomic E-state index is 14.7. The molecule has 0 spiro atoms. The summed E-state index contributed by atoms with van der Waals surface area (Å²) in [5.41, 5.74) is -0.447. The lowest BCUT2D eigenvalue weighted by molar-refractivity contribution is -0.134. The van der Waals surface area contributed by atoms with Gasteiger partial charge in [-0.05, 0) is 69.1 Å². The van der Waals surface area contributed by atoms with Gasteiger partial charge in [-0.2, -0.15) is 0 Å². The summed E-state index contributed by atoms with van der Waals surface area (Å²) in [6.07, 6.45) is 2.76. The maximum absolute atomic E-state index is 14.7. The third-order valence-corrected chi connectivity index (χ3v) is 8.90. The van der Waals surface area contributed by atoms with E-state index in [0.717, 1.165) is 30.2 Å². The van der Waals surface area contributed by atoms with Crippen LogP contribution < -0.4 is 10.1 Å². The topological polar surface area (TPSA) is 129 Å². The quantitative estimate of drug-likeness (QED) is 0.471. The van der Waals surface area contributed by atoms with Crippen molar-refractivity contribution in [3.8, 4) is 5.75 Å². The molecule has 10 heteroatoms. The van der Waals surface area contributed by atoms with Crippen molar-refractivity contribution in [3.63, 3.8) is 0 Å². The Hall–Kier alpha value is -3.27. The molecule has 1 aromatic carbocycles. The van der Waals surface area contributed by atoms with Crippen LogP contribution in [0.15, 0.2) is 24.3 Å². The van der Waals surface area contributed by atoms with Crippen molar-refractivity contribution in [3.05, 3.63) is 30.0 Å². The van der Waals surface area contributed by atoms with Gasteiger partial charge < -0.3 is 25.0 Å². The lowest BCUT2D eigenvalue weighted by Crippen LogP contribution is -2.54. The number of aliphatic hydroxyl groups is 1. The molecule has 0 bridgehead atoms. The van der Waals surface area contributed by atoms with E-state index >= 15 is 0 Å². The van der Waals surface area contributed by atoms with Crippen LogP contribution in [0.4, 0.5) is 4.39 Å². The minimum absolute atomic E-state index is 0.0283. The number of likely N-dealkylation sites (tertiary alicyclic amines) is 1. The number of rotatable bonds is 8. The Morgan fingerprint density at radius 1 is 1.31 bits per heavy atom. The summed E-state index contributed by atoms with van der Waals surface area (Å²) in [6.45, 7) is 1.05. The number of methoxy groups -OCH3 is 1. The SMILES string of the molecule is COc1cccc2[nH]c(C(=O)N3C[C@@H]4CCC[C@@H]4[C@H]3C(=O)N[C@@H](C[C@@H]3CC(C)(F)CCC3=O)C(=O)CO)cc12. The predicted octanol–water partition coefficient (Wildman–Crippen LogP) is 2.95. The van der Waals surface area contributed by atoms with Gasteiger partial charge >= 0.3 is 0 Å². The Morgan fingerprint density at radius 2 is 2.10 bits per heavy atom. The van der Waals surface area contributed by atoms with E-state index in [1.54, 1.807) is 18.1 Å². The summed E-state index contributed by atoms with van der Waals surface area (Å²) in [4.78, 5) is 57.4. The zero-order chi connectivity index (χ0) is 27.9. The molecular formula is C29H36FN3O6. The van der Waals surface area contributed by atoms with Gasteiger partial charge in [0.05, 0.1) is 13.2 Å². The highest BCUT2D eigenvalue weighted by Crippen LogP contribution is 2.43. The molecule has 210 valence electrons. The Labute approximate surface area is 226 Å². The first kappa shape index (κ1) is 27.3. The van der Waals surface area contributed by atoms with E-state index in [1.807, 2.05) is 18.2 Å². The van der Waals surface area contributed by atoms with Crippen molar-refractivity contribution in [1.29, 1.82) is 0 Å². The van der Waals surface area contributed by atoms with Crippen LogP contribution in [0.5, 0.6) is 5.75 Å². The maximum Gasteiger partial charge on any atom is 0.271 e. The Bertz CT molecular complexity index is 1290. The number of alkyl halides is 1. The van der Waals surface area contributed by atoms with E-state index in [1.165, 1.54) is 6.92 Å². The number of ether oxygens (including phenoxy) is 1. The summed E-state index contributed by atoms with van der Waals surface area (Å²) in [7, 11) is 1.56. The molecule has 3 N–H and O–H groups in total. The number of hydrogen-bond donors (Lipinski definition) is 3. The highest BCUT2D eigenvalue weighted by molar-refractivity contribution is 6.02. The van der Waals surface area contributed by atoms with Gasteiger partial charge in [0.1, 0.15) is 35.5 Å². The molecule has 2 aromatic rings. The number of nitrogens with one attached hydrogen (secondary N) is 2. The predicted molar refractivity (Wildman–Crippen MR) is 141 cm³/mol. The number of halogens is 1. The monoisotopic (exact) mass is 541 g/mol. The zero-order valence-corrected chi connectivity index (χ0v) is 22.4. The number of hydrogen-bond acceptors (Lipinski definition) is 6. The van der Waals surface area contributed by atoms with Gasteiger partial charge in [-0.3, -0.25) is 19.2 Å². The third kappa shape index (κ3) is 5.31. The number of benzene rings is 1. The molecule has 1 aliphatic heterocycles. The van der Waals surface area contributed by atoms with Crippen molar-refractivity contribution in [2.24, 2.45) is 17.8 Å². The normalized spacial score (nSPS) is 29.3. The summed E-state index contributed by atoms with van der Waals surface area (Å²) in [5.74, 6) is -1.56. The lowest BCUT2D eigenvalue weighted by Gasteiger charge is -2.33. The number of aliphatic hydroxyl groups excluding tert-OH is 1. The number of carbonyl (C=O) groups is 4. The second kappa shape index (κ2) is 10.7. The number of carbonyl (C=O) groups excluding carboxylic acids is 4. The largest absolute Gasteiger partial charge is 0.496 e. The number of aromatic amines is 1. The molecule has 6 atom stereocenters. The molecule has 3 fully saturated rings. The van der Waals surface area contributed by atoms with Gasteiger partial charge in [-0.25, -0.2) is 4.39 Å². The minimum Gasteiger partial charge on any atom is -0.496 e. The van der Waals surface area contributed by atoms with E-state index < -0.39 is 42.0 Å². The fraction of sp³-hybridized carbons (Fsp3) is 0.586. The molecule has 1 saturated heterocycles. The average Bonchev–Trinajstić information content (AvgIpc) is 3.63. The van der Waals surface area contributed by atoms with Gasteiger partial charge in [0.25, 0.3) is 5.91 Å². The Kier molecular flexibility index (Phi) is 7.50. The van der Waals surface area contributed by atoms with Gasteiger partial charge in [0.15, 0.2) is 5.78 Å². The number of H-pyrrole nitrogens is 1. The van der Waals surface area contributed by atoms with Crippen LogP contribution in [0.3, 0.4) is 0 Å². The zero-order valence-electron chi connectivity index (χ0n) is 22.4. The third-order valence-electron chi connectivity index (χ3n) is 8.90. The minimum atomic E-state index is -1.52. The van der Waals surface area contributed by atoms with Crippen LogP contribution in [0.2, 0.25) is 0 Å². The molecule has 0 radical (unpaired) electrons. The van der Waals surface area contributed by atoms with E-state index in [9.17, 15) is 28.7 Å². The van der Waals surface area contributed by atoms with E-state index in [-0.39, 0.29) is 49.2 Å². The standard InChI is InChI=1S/C29H36FN3O6/c1-29(30)10-9-23(35)17(13-29)11-21(24(36)15-34)32-27(37)26-18-6-3-5-16(18)14-33(26)28(38)22-12-19-20(31-22)7-4-8-25(19)39-2/h4,7-8,12,16-18,21,26,31,34H,3,5-6,9-11,13-15H2,1-2H3,(H,32,37)/t16-,17+,18-,21-,26-,29?/m0/s1. The number of Topliss-reactive ketones (excluding diaryl/α,β-unsaturated/α-hetero) is 2. The second-order valence-corrected chi connectivity index (χ2v) is 11.6. The molecule has 3 aliphatic rings. The molecule has 5 rings (SSSR count). The number of nitrogens with zero attached hydrogens (tertiary/aromatic N) is 1. The second-order valence-electron chi connectivity index (χ2n) is 11.6. The highest BCUT2D eigenvalue weighted by Gasteiger charge is 2.50. The fourth-order valence-electron chi connectivity index (χ4n) is 6.88. The molecule has 9 nitrogen and oxygen atoms in total. The van der Waals surface area contributed by atoms with Crippen molar-refractivity contribution in [2.45, 2.75) is 69.6 Å². The fourth-order valence-corrected chi connectivity index (χ4v) is 6.88. The molecule has 39 heavy (non-hydrogen) atoms. The molecular weight excluding hydrogens is 505 g/mol. The average molecular weight is 542 g/mol. The first-order valence-electron chi connectivity index (χ1n) is 13.7. The molecule has 2 aliphatic carbocycles. The van der Waals surface area contributed by atoms with Crippen molar-refractivity contribution >= 4 is 34.3 Å². The Morgan fingerprint density at radius 3 is 2.85 bits per heavy atom. The van der Waals surface area contributed by atoms with E-state index in [2.05, 4.69) is 10.3 Å². The smallest absolute Gasteiger partial charge is 0.271 e. The number of ketones is 2.